The van der Waals surface area contributed by atoms with Crippen LogP contribution in [0.3, 0.4) is 0 Å². The van der Waals surface area contributed by atoms with Gasteiger partial charge < -0.3 is 10.3 Å². The topological polar surface area (TPSA) is 81.2 Å². The van der Waals surface area contributed by atoms with Crippen LogP contribution < -0.4 is 11.1 Å². The predicted molar refractivity (Wildman–Crippen MR) is 76.2 cm³/mol. The number of aryl methyl sites for hydroxylation is 2. The highest BCUT2D eigenvalue weighted by Gasteiger charge is 2.08. The number of nitrogens with zero attached hydrogens (tertiary/aromatic N) is 1. The first-order valence-corrected chi connectivity index (χ1v) is 6.75. The van der Waals surface area contributed by atoms with E-state index in [2.05, 4.69) is 10.5 Å². The average molecular weight is 277 g/mol. The Bertz CT molecular complexity index is 595. The third kappa shape index (κ3) is 3.75. The van der Waals surface area contributed by atoms with Crippen LogP contribution in [-0.4, -0.2) is 16.8 Å². The quantitative estimate of drug-likeness (QED) is 0.663. The number of benzene rings is 1. The van der Waals surface area contributed by atoms with Gasteiger partial charge in [0.2, 0.25) is 11.8 Å². The summed E-state index contributed by atoms with van der Waals surface area (Å²) < 4.78 is 4.91. The first-order valence-electron chi connectivity index (χ1n) is 5.76. The van der Waals surface area contributed by atoms with E-state index in [0.717, 1.165) is 16.2 Å². The fourth-order valence-corrected chi connectivity index (χ4v) is 2.29. The fourth-order valence-electron chi connectivity index (χ4n) is 1.54. The maximum atomic E-state index is 11.7. The predicted octanol–water partition coefficient (Wildman–Crippen LogP) is 2.60. The standard InChI is InChI=1S/C13H15N3O2S/c1-8-3-4-11(10(14)5-8)19-7-12(17)15-13-6-9(2)16-18-13/h3-6H,7,14H2,1-2H3,(H,15,17). The SMILES string of the molecule is Cc1ccc(SCC(=O)Nc2cc(C)no2)c(N)c1. The molecule has 1 aromatic heterocycles. The van der Waals surface area contributed by atoms with E-state index in [-0.39, 0.29) is 11.7 Å². The average Bonchev–Trinajstić information content (AvgIpc) is 2.73. The Labute approximate surface area is 115 Å². The largest absolute Gasteiger partial charge is 0.398 e. The molecule has 3 N–H and O–H groups in total. The molecule has 0 spiro atoms. The Balaban J connectivity index is 1.89. The molecule has 0 saturated carbocycles. The van der Waals surface area contributed by atoms with Crippen LogP contribution in [0.15, 0.2) is 33.7 Å². The van der Waals surface area contributed by atoms with Gasteiger partial charge in [-0.15, -0.1) is 11.8 Å². The molecule has 19 heavy (non-hydrogen) atoms. The molecule has 2 aromatic rings. The third-order valence-corrected chi connectivity index (χ3v) is 3.50. The number of hydrogen-bond acceptors (Lipinski definition) is 5. The van der Waals surface area contributed by atoms with E-state index < -0.39 is 0 Å². The fraction of sp³-hybridized carbons (Fsp3) is 0.231. The van der Waals surface area contributed by atoms with Gasteiger partial charge in [-0.2, -0.15) is 0 Å². The molecular weight excluding hydrogens is 262 g/mol. The van der Waals surface area contributed by atoms with Gasteiger partial charge in [0.15, 0.2) is 0 Å². The molecular formula is C13H15N3O2S. The smallest absolute Gasteiger partial charge is 0.237 e. The second kappa shape index (κ2) is 5.79. The number of amides is 1. The van der Waals surface area contributed by atoms with Crippen LogP contribution in [-0.2, 0) is 4.79 Å². The zero-order valence-corrected chi connectivity index (χ0v) is 11.6. The summed E-state index contributed by atoms with van der Waals surface area (Å²) in [6, 6.07) is 7.44. The van der Waals surface area contributed by atoms with E-state index >= 15 is 0 Å². The highest BCUT2D eigenvalue weighted by molar-refractivity contribution is 8.00. The second-order valence-electron chi connectivity index (χ2n) is 4.21. The van der Waals surface area contributed by atoms with E-state index in [4.69, 9.17) is 10.3 Å². The second-order valence-corrected chi connectivity index (χ2v) is 5.23. The molecule has 5 nitrogen and oxygen atoms in total. The molecule has 0 atom stereocenters. The van der Waals surface area contributed by atoms with Gasteiger partial charge in [0.05, 0.1) is 11.4 Å². The van der Waals surface area contributed by atoms with Crippen molar-refractivity contribution in [3.8, 4) is 0 Å². The van der Waals surface area contributed by atoms with E-state index in [9.17, 15) is 4.79 Å². The molecule has 1 amide bonds. The number of aromatic nitrogens is 1. The molecule has 1 aromatic carbocycles. The number of thioether (sulfide) groups is 1. The minimum Gasteiger partial charge on any atom is -0.398 e. The molecule has 0 aliphatic carbocycles. The molecule has 0 aliphatic heterocycles. The summed E-state index contributed by atoms with van der Waals surface area (Å²) in [7, 11) is 0. The van der Waals surface area contributed by atoms with Gasteiger partial charge in [-0.25, -0.2) is 0 Å². The Morgan fingerprint density at radius 1 is 1.42 bits per heavy atom. The van der Waals surface area contributed by atoms with Crippen molar-refractivity contribution in [3.05, 3.63) is 35.5 Å². The summed E-state index contributed by atoms with van der Waals surface area (Å²) in [5.41, 5.74) is 8.40. The van der Waals surface area contributed by atoms with E-state index in [1.54, 1.807) is 13.0 Å². The lowest BCUT2D eigenvalue weighted by Crippen LogP contribution is -2.13. The molecule has 0 fully saturated rings. The molecule has 0 radical (unpaired) electrons. The van der Waals surface area contributed by atoms with Gasteiger partial charge >= 0.3 is 0 Å². The maximum Gasteiger partial charge on any atom is 0.237 e. The Morgan fingerprint density at radius 2 is 2.21 bits per heavy atom. The van der Waals surface area contributed by atoms with Crippen molar-refractivity contribution in [2.24, 2.45) is 0 Å². The number of carbonyl (C=O) groups is 1. The zero-order chi connectivity index (χ0) is 13.8. The van der Waals surface area contributed by atoms with Crippen LogP contribution in [0.25, 0.3) is 0 Å². The molecule has 2 rings (SSSR count). The minimum absolute atomic E-state index is 0.152. The summed E-state index contributed by atoms with van der Waals surface area (Å²) in [4.78, 5) is 12.6. The van der Waals surface area contributed by atoms with Gasteiger partial charge in [-0.1, -0.05) is 11.2 Å². The summed E-state index contributed by atoms with van der Waals surface area (Å²) in [5, 5.41) is 6.33. The number of nitrogen functional groups attached to an aromatic ring is 1. The van der Waals surface area contributed by atoms with Crippen molar-refractivity contribution in [1.29, 1.82) is 0 Å². The normalized spacial score (nSPS) is 10.4. The van der Waals surface area contributed by atoms with Gasteiger partial charge in [-0.3, -0.25) is 10.1 Å². The molecule has 6 heteroatoms. The van der Waals surface area contributed by atoms with Crippen molar-refractivity contribution in [3.63, 3.8) is 0 Å². The maximum absolute atomic E-state index is 11.7. The first-order chi connectivity index (χ1) is 9.04. The third-order valence-electron chi connectivity index (χ3n) is 2.41. The summed E-state index contributed by atoms with van der Waals surface area (Å²) in [5.74, 6) is 0.480. The highest BCUT2D eigenvalue weighted by atomic mass is 32.2. The number of nitrogens with two attached hydrogens (primary N) is 1. The van der Waals surface area contributed by atoms with Crippen LogP contribution in [0.5, 0.6) is 0 Å². The van der Waals surface area contributed by atoms with Crippen LogP contribution >= 0.6 is 11.8 Å². The number of rotatable bonds is 4. The van der Waals surface area contributed by atoms with Crippen LogP contribution in [0, 0.1) is 13.8 Å². The number of carbonyl (C=O) groups excluding carboxylic acids is 1. The first kappa shape index (κ1) is 13.5. The molecule has 1 heterocycles. The van der Waals surface area contributed by atoms with E-state index in [0.29, 0.717) is 11.6 Å². The van der Waals surface area contributed by atoms with Crippen molar-refractivity contribution in [1.82, 2.24) is 5.16 Å². The Morgan fingerprint density at radius 3 is 2.84 bits per heavy atom. The van der Waals surface area contributed by atoms with Crippen molar-refractivity contribution in [2.45, 2.75) is 18.7 Å². The Hall–Kier alpha value is -1.95. The van der Waals surface area contributed by atoms with Crippen molar-refractivity contribution in [2.75, 3.05) is 16.8 Å². The lowest BCUT2D eigenvalue weighted by atomic mass is 10.2. The lowest BCUT2D eigenvalue weighted by Gasteiger charge is -2.05. The van der Waals surface area contributed by atoms with Crippen molar-refractivity contribution >= 4 is 29.2 Å². The van der Waals surface area contributed by atoms with E-state index in [1.807, 2.05) is 25.1 Å². The monoisotopic (exact) mass is 277 g/mol. The summed E-state index contributed by atoms with van der Waals surface area (Å²) in [6.07, 6.45) is 0. The number of anilines is 2. The molecule has 0 aliphatic rings. The molecule has 0 bridgehead atoms. The van der Waals surface area contributed by atoms with Crippen LogP contribution in [0.4, 0.5) is 11.6 Å². The summed E-state index contributed by atoms with van der Waals surface area (Å²) in [6.45, 7) is 3.77. The van der Waals surface area contributed by atoms with Gasteiger partial charge in [-0.05, 0) is 31.5 Å². The number of hydrogen-bond donors (Lipinski definition) is 2. The summed E-state index contributed by atoms with van der Waals surface area (Å²) >= 11 is 1.39. The van der Waals surface area contributed by atoms with Gasteiger partial charge in [0.25, 0.3) is 0 Å². The lowest BCUT2D eigenvalue weighted by molar-refractivity contribution is -0.113. The Kier molecular flexibility index (Phi) is 4.11. The highest BCUT2D eigenvalue weighted by Crippen LogP contribution is 2.25. The molecule has 0 saturated heterocycles. The van der Waals surface area contributed by atoms with E-state index in [1.165, 1.54) is 11.8 Å². The molecule has 0 unspecified atom stereocenters. The van der Waals surface area contributed by atoms with Crippen LogP contribution in [0.1, 0.15) is 11.3 Å². The van der Waals surface area contributed by atoms with Crippen molar-refractivity contribution < 1.29 is 9.32 Å². The van der Waals surface area contributed by atoms with Crippen LogP contribution in [0.2, 0.25) is 0 Å². The molecule has 100 valence electrons. The van der Waals surface area contributed by atoms with Gasteiger partial charge in [0.1, 0.15) is 0 Å². The van der Waals surface area contributed by atoms with Gasteiger partial charge in [0, 0.05) is 16.6 Å². The minimum atomic E-state index is -0.152. The number of nitrogens with one attached hydrogen (secondary N) is 1. The zero-order valence-electron chi connectivity index (χ0n) is 10.8.